The van der Waals surface area contributed by atoms with Gasteiger partial charge in [0.1, 0.15) is 12.0 Å². The van der Waals surface area contributed by atoms with Crippen molar-refractivity contribution in [1.82, 2.24) is 24.9 Å². The molecule has 4 atom stereocenters. The van der Waals surface area contributed by atoms with Gasteiger partial charge in [0.05, 0.1) is 18.3 Å². The summed E-state index contributed by atoms with van der Waals surface area (Å²) in [5, 5.41) is 8.02. The van der Waals surface area contributed by atoms with Crippen LogP contribution in [0.1, 0.15) is 42.9 Å². The molecule has 3 saturated heterocycles. The molecule has 192 valence electrons. The van der Waals surface area contributed by atoms with E-state index in [1.54, 1.807) is 12.1 Å². The number of ether oxygens (including phenoxy) is 1. The molecule has 2 bridgehead atoms. The van der Waals surface area contributed by atoms with Gasteiger partial charge in [-0.2, -0.15) is 5.10 Å². The fourth-order valence-electron chi connectivity index (χ4n) is 6.50. The van der Waals surface area contributed by atoms with Crippen LogP contribution < -0.4 is 5.32 Å². The Morgan fingerprint density at radius 1 is 1.24 bits per heavy atom. The maximum atomic E-state index is 13.7. The monoisotopic (exact) mass is 501 g/mol. The lowest BCUT2D eigenvalue weighted by molar-refractivity contribution is -0.249. The zero-order valence-corrected chi connectivity index (χ0v) is 21.2. The molecule has 1 N–H and O–H groups in total. The number of aryl methyl sites for hydroxylation is 2. The van der Waals surface area contributed by atoms with Gasteiger partial charge >= 0.3 is 0 Å². The van der Waals surface area contributed by atoms with Gasteiger partial charge in [0.25, 0.3) is 0 Å². The molecule has 2 unspecified atom stereocenters. The van der Waals surface area contributed by atoms with Gasteiger partial charge in [0.15, 0.2) is 6.35 Å². The largest absolute Gasteiger partial charge is 0.334 e. The van der Waals surface area contributed by atoms with Gasteiger partial charge in [-0.05, 0) is 72.9 Å². The lowest BCUT2D eigenvalue weighted by Crippen LogP contribution is -2.59. The molecule has 7 nitrogen and oxygen atoms in total. The Morgan fingerprint density at radius 3 is 2.78 bits per heavy atom. The van der Waals surface area contributed by atoms with Gasteiger partial charge in [0, 0.05) is 31.4 Å². The van der Waals surface area contributed by atoms with Gasteiger partial charge in [-0.15, -0.1) is 0 Å². The Labute approximate surface area is 216 Å². The molecule has 1 spiro atoms. The Bertz CT molecular complexity index is 1350. The first kappa shape index (κ1) is 23.1. The Kier molecular flexibility index (Phi) is 5.29. The summed E-state index contributed by atoms with van der Waals surface area (Å²) in [6, 6.07) is 13.3. The standard InChI is InChI=1S/C29H32FN5O2/c1-18(20-5-6-20)34(15-19-3-8-24(30)9-4-19)26(36)17-35-27-29(32-28(35)37-27)12-11-22-13-21(7-10-25(22)29)23-14-31-33(2)16-23/h3-4,7-10,13-14,16,18,20,27-28,32H,5-6,11-12,15,17H2,1-2H3/t18-,27?,28?,29+/m1/s1. The molecule has 4 heterocycles. The Morgan fingerprint density at radius 2 is 2.05 bits per heavy atom. The molecule has 0 radical (unpaired) electrons. The molecule has 1 amide bonds. The molecule has 8 rings (SSSR count). The van der Waals surface area contributed by atoms with Crippen LogP contribution >= 0.6 is 0 Å². The van der Waals surface area contributed by atoms with Crippen LogP contribution in [0, 0.1) is 11.7 Å². The van der Waals surface area contributed by atoms with Crippen LogP contribution in [0.4, 0.5) is 4.39 Å². The molecule has 2 aromatic carbocycles. The summed E-state index contributed by atoms with van der Waals surface area (Å²) < 4.78 is 21.5. The number of aromatic nitrogens is 2. The number of nitrogens with one attached hydrogen (secondary N) is 1. The quantitative estimate of drug-likeness (QED) is 0.535. The fraction of sp³-hybridized carbons (Fsp3) is 0.448. The molecule has 1 saturated carbocycles. The number of fused-ring (bicyclic) bond motifs is 1. The third kappa shape index (κ3) is 3.81. The SMILES string of the molecule is C[C@H](C1CC1)N(Cc1ccc(F)cc1)C(=O)CN1C2N[C@]3(CCc4cc(-c5cnn(C)c5)ccc43)C1O2. The molecular formula is C29H32FN5O2. The summed E-state index contributed by atoms with van der Waals surface area (Å²) >= 11 is 0. The first-order valence-electron chi connectivity index (χ1n) is 13.3. The summed E-state index contributed by atoms with van der Waals surface area (Å²) in [6.07, 6.45) is 7.77. The van der Waals surface area contributed by atoms with E-state index in [1.807, 2.05) is 29.0 Å². The zero-order valence-electron chi connectivity index (χ0n) is 21.2. The van der Waals surface area contributed by atoms with Gasteiger partial charge < -0.3 is 9.64 Å². The highest BCUT2D eigenvalue weighted by atomic mass is 19.1. The first-order valence-corrected chi connectivity index (χ1v) is 13.3. The normalized spacial score (nSPS) is 26.8. The molecule has 3 aliphatic heterocycles. The minimum atomic E-state index is -0.280. The van der Waals surface area contributed by atoms with E-state index in [1.165, 1.54) is 28.8 Å². The van der Waals surface area contributed by atoms with Gasteiger partial charge in [-0.1, -0.05) is 30.3 Å². The number of halogens is 1. The predicted octanol–water partition coefficient (Wildman–Crippen LogP) is 3.74. The van der Waals surface area contributed by atoms with Crippen LogP contribution in [0.3, 0.4) is 0 Å². The number of carbonyl (C=O) groups is 1. The number of amides is 1. The summed E-state index contributed by atoms with van der Waals surface area (Å²) in [7, 11) is 1.93. The van der Waals surface area contributed by atoms with Crippen LogP contribution in [-0.4, -0.2) is 50.7 Å². The summed E-state index contributed by atoms with van der Waals surface area (Å²) in [6.45, 7) is 2.96. The van der Waals surface area contributed by atoms with Gasteiger partial charge in [0.2, 0.25) is 5.91 Å². The van der Waals surface area contributed by atoms with Gasteiger partial charge in [-0.25, -0.2) is 9.29 Å². The van der Waals surface area contributed by atoms with E-state index < -0.39 is 0 Å². The van der Waals surface area contributed by atoms with E-state index in [4.69, 9.17) is 4.74 Å². The van der Waals surface area contributed by atoms with Crippen molar-refractivity contribution in [3.8, 4) is 11.1 Å². The second-order valence-electron chi connectivity index (χ2n) is 11.1. The number of hydrogen-bond donors (Lipinski definition) is 1. The summed E-state index contributed by atoms with van der Waals surface area (Å²) in [4.78, 5) is 17.8. The maximum absolute atomic E-state index is 13.7. The van der Waals surface area contributed by atoms with E-state index in [-0.39, 0.29) is 35.9 Å². The maximum Gasteiger partial charge on any atom is 0.237 e. The lowest BCUT2D eigenvalue weighted by atomic mass is 9.90. The second kappa shape index (κ2) is 8.48. The van der Waals surface area contributed by atoms with E-state index in [0.717, 1.165) is 36.8 Å². The van der Waals surface area contributed by atoms with Crippen LogP contribution in [0.15, 0.2) is 54.9 Å². The van der Waals surface area contributed by atoms with Crippen molar-refractivity contribution in [2.75, 3.05) is 6.54 Å². The summed E-state index contributed by atoms with van der Waals surface area (Å²) in [5.74, 6) is 0.395. The Balaban J connectivity index is 1.09. The minimum Gasteiger partial charge on any atom is -0.334 e. The molecule has 4 fully saturated rings. The van der Waals surface area contributed by atoms with E-state index in [0.29, 0.717) is 19.0 Å². The number of benzene rings is 2. The van der Waals surface area contributed by atoms with Crippen LogP contribution in [0.2, 0.25) is 0 Å². The van der Waals surface area contributed by atoms with E-state index in [9.17, 15) is 9.18 Å². The topological polar surface area (TPSA) is 62.6 Å². The van der Waals surface area contributed by atoms with Crippen molar-refractivity contribution < 1.29 is 13.9 Å². The number of rotatable bonds is 7. The highest BCUT2D eigenvalue weighted by molar-refractivity contribution is 5.79. The highest BCUT2D eigenvalue weighted by Crippen LogP contribution is 2.52. The van der Waals surface area contributed by atoms with Crippen molar-refractivity contribution in [2.24, 2.45) is 13.0 Å². The third-order valence-corrected chi connectivity index (χ3v) is 8.78. The average molecular weight is 502 g/mol. The van der Waals surface area contributed by atoms with E-state index in [2.05, 4.69) is 40.4 Å². The average Bonchev–Trinajstić information content (AvgIpc) is 3.24. The highest BCUT2D eigenvalue weighted by Gasteiger charge is 2.64. The predicted molar refractivity (Wildman–Crippen MR) is 136 cm³/mol. The van der Waals surface area contributed by atoms with Crippen LogP contribution in [0.25, 0.3) is 11.1 Å². The molecule has 2 aliphatic carbocycles. The Hall–Kier alpha value is -3.07. The zero-order chi connectivity index (χ0) is 25.3. The molecule has 5 aliphatic rings. The van der Waals surface area contributed by atoms with Crippen molar-refractivity contribution in [3.63, 3.8) is 0 Å². The molecular weight excluding hydrogens is 469 g/mol. The number of hydrogen-bond acceptors (Lipinski definition) is 5. The summed E-state index contributed by atoms with van der Waals surface area (Å²) in [5.41, 5.74) is 5.57. The molecule has 8 heteroatoms. The molecule has 1 aromatic heterocycles. The number of nitrogens with zero attached hydrogens (tertiary/aromatic N) is 4. The fourth-order valence-corrected chi connectivity index (χ4v) is 6.50. The van der Waals surface area contributed by atoms with Crippen LogP contribution in [0.5, 0.6) is 0 Å². The van der Waals surface area contributed by atoms with Crippen molar-refractivity contribution in [1.29, 1.82) is 0 Å². The van der Waals surface area contributed by atoms with Crippen molar-refractivity contribution >= 4 is 5.91 Å². The minimum absolute atomic E-state index is 0.103. The second-order valence-corrected chi connectivity index (χ2v) is 11.1. The van der Waals surface area contributed by atoms with Crippen LogP contribution in [-0.2, 0) is 35.1 Å². The molecule has 37 heavy (non-hydrogen) atoms. The van der Waals surface area contributed by atoms with Crippen molar-refractivity contribution in [2.45, 2.75) is 63.3 Å². The smallest absolute Gasteiger partial charge is 0.237 e. The van der Waals surface area contributed by atoms with E-state index >= 15 is 0 Å². The lowest BCUT2D eigenvalue weighted by Gasteiger charge is -2.42. The third-order valence-electron chi connectivity index (χ3n) is 8.78. The number of carbonyl (C=O) groups excluding carboxylic acids is 1. The van der Waals surface area contributed by atoms with Gasteiger partial charge in [-0.3, -0.25) is 14.8 Å². The van der Waals surface area contributed by atoms with Crippen molar-refractivity contribution in [3.05, 3.63) is 77.4 Å². The molecule has 3 aromatic rings. The first-order chi connectivity index (χ1) is 17.9.